The summed E-state index contributed by atoms with van der Waals surface area (Å²) in [7, 11) is 0. The highest BCUT2D eigenvalue weighted by molar-refractivity contribution is 6.00. The molecule has 1 aliphatic heterocycles. The average Bonchev–Trinajstić information content (AvgIpc) is 2.69. The number of aliphatic hydroxyl groups excluding tert-OH is 2. The smallest absolute Gasteiger partial charge is 0.251 e. The number of hydrogen-bond donors (Lipinski definition) is 4. The molecule has 5 nitrogen and oxygen atoms in total. The molecule has 1 heterocycles. The van der Waals surface area contributed by atoms with E-state index in [1.54, 1.807) is 6.07 Å². The fourth-order valence-electron chi connectivity index (χ4n) is 1.96. The molecule has 92 valence electrons. The zero-order chi connectivity index (χ0) is 12.4. The number of carbonyl (C=O) groups is 1. The van der Waals surface area contributed by atoms with Crippen molar-refractivity contribution in [2.45, 2.75) is 19.6 Å². The number of anilines is 1. The molecule has 2 rings (SSSR count). The number of amides is 1. The molecule has 0 fully saturated rings. The van der Waals surface area contributed by atoms with Gasteiger partial charge in [0.2, 0.25) is 0 Å². The molecule has 1 aliphatic rings. The van der Waals surface area contributed by atoms with Gasteiger partial charge in [0.05, 0.1) is 12.7 Å². The molecule has 1 atom stereocenters. The van der Waals surface area contributed by atoms with Crippen LogP contribution in [0.2, 0.25) is 0 Å². The highest BCUT2D eigenvalue weighted by atomic mass is 16.3. The molecular formula is C12H16N2O3. The minimum Gasteiger partial charge on any atom is -0.394 e. The molecular weight excluding hydrogens is 220 g/mol. The zero-order valence-corrected chi connectivity index (χ0v) is 9.66. The number of rotatable bonds is 4. The monoisotopic (exact) mass is 236 g/mol. The largest absolute Gasteiger partial charge is 0.394 e. The predicted octanol–water partition coefficient (Wildman–Crippen LogP) is 0.00352. The van der Waals surface area contributed by atoms with Gasteiger partial charge in [0.1, 0.15) is 0 Å². The van der Waals surface area contributed by atoms with E-state index in [0.717, 1.165) is 16.8 Å². The van der Waals surface area contributed by atoms with Crippen LogP contribution in [0.5, 0.6) is 0 Å². The molecule has 0 bridgehead atoms. The summed E-state index contributed by atoms with van der Waals surface area (Å²) < 4.78 is 0. The minimum absolute atomic E-state index is 0.0641. The third kappa shape index (κ3) is 2.25. The van der Waals surface area contributed by atoms with Crippen molar-refractivity contribution >= 4 is 11.6 Å². The Hall–Kier alpha value is -1.59. The van der Waals surface area contributed by atoms with Crippen molar-refractivity contribution in [3.05, 3.63) is 28.8 Å². The van der Waals surface area contributed by atoms with Crippen LogP contribution in [0, 0.1) is 6.92 Å². The fraction of sp³-hybridized carbons (Fsp3) is 0.417. The molecule has 1 aromatic carbocycles. The number of hydrogen-bond acceptors (Lipinski definition) is 4. The van der Waals surface area contributed by atoms with E-state index in [0.29, 0.717) is 12.1 Å². The first-order chi connectivity index (χ1) is 8.13. The SMILES string of the molecule is Cc1ccc2c(c1NCC(O)CO)CNC2=O. The maximum atomic E-state index is 11.5. The minimum atomic E-state index is -0.796. The van der Waals surface area contributed by atoms with Gasteiger partial charge < -0.3 is 20.8 Å². The Labute approximate surface area is 99.5 Å². The number of fused-ring (bicyclic) bond motifs is 1. The van der Waals surface area contributed by atoms with Crippen molar-refractivity contribution in [2.75, 3.05) is 18.5 Å². The molecule has 5 heteroatoms. The van der Waals surface area contributed by atoms with Gasteiger partial charge in [0, 0.05) is 29.9 Å². The number of carbonyl (C=O) groups excluding carboxylic acids is 1. The van der Waals surface area contributed by atoms with Gasteiger partial charge in [-0.25, -0.2) is 0 Å². The second-order valence-electron chi connectivity index (χ2n) is 4.18. The molecule has 0 spiro atoms. The van der Waals surface area contributed by atoms with Gasteiger partial charge in [-0.05, 0) is 18.6 Å². The van der Waals surface area contributed by atoms with Crippen LogP contribution in [0.3, 0.4) is 0 Å². The quantitative estimate of drug-likeness (QED) is 0.593. The normalized spacial score (nSPS) is 15.4. The summed E-state index contributed by atoms with van der Waals surface area (Å²) in [6.07, 6.45) is -0.796. The van der Waals surface area contributed by atoms with E-state index in [-0.39, 0.29) is 19.1 Å². The summed E-state index contributed by atoms with van der Waals surface area (Å²) in [5, 5.41) is 23.9. The van der Waals surface area contributed by atoms with Crippen molar-refractivity contribution in [1.82, 2.24) is 5.32 Å². The van der Waals surface area contributed by atoms with Gasteiger partial charge in [0.25, 0.3) is 5.91 Å². The van der Waals surface area contributed by atoms with E-state index in [1.165, 1.54) is 0 Å². The van der Waals surface area contributed by atoms with E-state index in [4.69, 9.17) is 5.11 Å². The molecule has 4 N–H and O–H groups in total. The van der Waals surface area contributed by atoms with Crippen molar-refractivity contribution in [3.63, 3.8) is 0 Å². The second-order valence-corrected chi connectivity index (χ2v) is 4.18. The Morgan fingerprint density at radius 1 is 1.53 bits per heavy atom. The fourth-order valence-corrected chi connectivity index (χ4v) is 1.96. The molecule has 0 radical (unpaired) electrons. The lowest BCUT2D eigenvalue weighted by Crippen LogP contribution is -2.23. The molecule has 0 saturated heterocycles. The molecule has 0 aromatic heterocycles. The van der Waals surface area contributed by atoms with Crippen LogP contribution in [-0.4, -0.2) is 35.4 Å². The first-order valence-electron chi connectivity index (χ1n) is 5.57. The Morgan fingerprint density at radius 2 is 2.29 bits per heavy atom. The molecule has 1 aromatic rings. The van der Waals surface area contributed by atoms with Crippen molar-refractivity contribution in [3.8, 4) is 0 Å². The van der Waals surface area contributed by atoms with Crippen LogP contribution in [0.15, 0.2) is 12.1 Å². The van der Waals surface area contributed by atoms with E-state index in [9.17, 15) is 9.90 Å². The van der Waals surface area contributed by atoms with E-state index in [2.05, 4.69) is 10.6 Å². The maximum Gasteiger partial charge on any atom is 0.251 e. The summed E-state index contributed by atoms with van der Waals surface area (Å²) >= 11 is 0. The number of aliphatic hydroxyl groups is 2. The summed E-state index contributed by atoms with van der Waals surface area (Å²) in [6.45, 7) is 2.43. The third-order valence-electron chi connectivity index (χ3n) is 2.92. The maximum absolute atomic E-state index is 11.5. The summed E-state index contributed by atoms with van der Waals surface area (Å²) in [5.74, 6) is -0.0641. The molecule has 1 unspecified atom stereocenters. The van der Waals surface area contributed by atoms with E-state index >= 15 is 0 Å². The Balaban J connectivity index is 2.24. The van der Waals surface area contributed by atoms with Crippen LogP contribution >= 0.6 is 0 Å². The first-order valence-corrected chi connectivity index (χ1v) is 5.57. The van der Waals surface area contributed by atoms with Crippen molar-refractivity contribution in [2.24, 2.45) is 0 Å². The topological polar surface area (TPSA) is 81.6 Å². The van der Waals surface area contributed by atoms with Crippen LogP contribution < -0.4 is 10.6 Å². The molecule has 1 amide bonds. The number of benzene rings is 1. The summed E-state index contributed by atoms with van der Waals surface area (Å²) in [5.41, 5.74) is 3.50. The Bertz CT molecular complexity index is 446. The van der Waals surface area contributed by atoms with Crippen molar-refractivity contribution in [1.29, 1.82) is 0 Å². The number of aryl methyl sites for hydroxylation is 1. The van der Waals surface area contributed by atoms with Gasteiger partial charge in [-0.1, -0.05) is 6.07 Å². The van der Waals surface area contributed by atoms with Gasteiger partial charge in [-0.3, -0.25) is 4.79 Å². The molecule has 17 heavy (non-hydrogen) atoms. The van der Waals surface area contributed by atoms with Gasteiger partial charge in [0.15, 0.2) is 0 Å². The van der Waals surface area contributed by atoms with Gasteiger partial charge in [-0.2, -0.15) is 0 Å². The predicted molar refractivity (Wildman–Crippen MR) is 63.9 cm³/mol. The zero-order valence-electron chi connectivity index (χ0n) is 9.66. The third-order valence-corrected chi connectivity index (χ3v) is 2.92. The van der Waals surface area contributed by atoms with Gasteiger partial charge >= 0.3 is 0 Å². The average molecular weight is 236 g/mol. The number of nitrogens with one attached hydrogen (secondary N) is 2. The lowest BCUT2D eigenvalue weighted by Gasteiger charge is -2.15. The lowest BCUT2D eigenvalue weighted by atomic mass is 10.0. The van der Waals surface area contributed by atoms with Crippen molar-refractivity contribution < 1.29 is 15.0 Å². The molecule has 0 saturated carbocycles. The van der Waals surface area contributed by atoms with Crippen LogP contribution in [0.4, 0.5) is 5.69 Å². The Kier molecular flexibility index (Phi) is 3.31. The molecule has 0 aliphatic carbocycles. The summed E-state index contributed by atoms with van der Waals surface area (Å²) in [6, 6.07) is 3.68. The van der Waals surface area contributed by atoms with Gasteiger partial charge in [-0.15, -0.1) is 0 Å². The lowest BCUT2D eigenvalue weighted by molar-refractivity contribution is 0.0965. The highest BCUT2D eigenvalue weighted by Crippen LogP contribution is 2.27. The van der Waals surface area contributed by atoms with Crippen LogP contribution in [0.25, 0.3) is 0 Å². The summed E-state index contributed by atoms with van der Waals surface area (Å²) in [4.78, 5) is 11.5. The standard InChI is InChI=1S/C12H16N2O3/c1-7-2-3-9-10(5-14-12(9)17)11(7)13-4-8(16)6-15/h2-3,8,13,15-16H,4-6H2,1H3,(H,14,17). The Morgan fingerprint density at radius 3 is 3.00 bits per heavy atom. The second kappa shape index (κ2) is 4.73. The first kappa shape index (κ1) is 11.9. The van der Waals surface area contributed by atoms with E-state index < -0.39 is 6.10 Å². The van der Waals surface area contributed by atoms with E-state index in [1.807, 2.05) is 13.0 Å². The van der Waals surface area contributed by atoms with Crippen LogP contribution in [-0.2, 0) is 6.54 Å². The van der Waals surface area contributed by atoms with Crippen LogP contribution in [0.1, 0.15) is 21.5 Å². The highest BCUT2D eigenvalue weighted by Gasteiger charge is 2.22.